The van der Waals surface area contributed by atoms with E-state index in [4.69, 9.17) is 17.3 Å². The summed E-state index contributed by atoms with van der Waals surface area (Å²) in [5.74, 6) is 0. The molecule has 21 heavy (non-hydrogen) atoms. The molecule has 0 spiro atoms. The van der Waals surface area contributed by atoms with Gasteiger partial charge in [-0.1, -0.05) is 18.0 Å². The first-order valence-electron chi connectivity index (χ1n) is 7.09. The van der Waals surface area contributed by atoms with Crippen LogP contribution < -0.4 is 10.6 Å². The van der Waals surface area contributed by atoms with Crippen molar-refractivity contribution in [2.24, 2.45) is 0 Å². The van der Waals surface area contributed by atoms with E-state index in [0.29, 0.717) is 16.3 Å². The molecule has 1 fully saturated rings. The standard InChI is InChI=1S/C14H22ClN3O2S/c1-9-5-4-6-10(2)18(9)17-21(19,20)12-7-13(15)11(3)14(16)8-12/h7-10,17H,4-6,16H2,1-3H3. The molecular formula is C14H22ClN3O2S. The minimum atomic E-state index is -3.68. The molecule has 0 bridgehead atoms. The molecule has 2 atom stereocenters. The van der Waals surface area contributed by atoms with E-state index in [1.54, 1.807) is 6.92 Å². The van der Waals surface area contributed by atoms with Gasteiger partial charge in [-0.05, 0) is 51.3 Å². The monoisotopic (exact) mass is 331 g/mol. The first-order valence-corrected chi connectivity index (χ1v) is 8.95. The molecule has 0 aliphatic carbocycles. The van der Waals surface area contributed by atoms with Crippen LogP contribution in [0.15, 0.2) is 17.0 Å². The van der Waals surface area contributed by atoms with Crippen LogP contribution in [0, 0.1) is 6.92 Å². The van der Waals surface area contributed by atoms with E-state index in [2.05, 4.69) is 4.83 Å². The normalized spacial score (nSPS) is 24.2. The minimum Gasteiger partial charge on any atom is -0.398 e. The quantitative estimate of drug-likeness (QED) is 0.835. The number of sulfonamides is 1. The summed E-state index contributed by atoms with van der Waals surface area (Å²) in [6.07, 6.45) is 3.07. The van der Waals surface area contributed by atoms with E-state index in [0.717, 1.165) is 19.3 Å². The van der Waals surface area contributed by atoms with Gasteiger partial charge in [-0.25, -0.2) is 13.4 Å². The Labute approximate surface area is 131 Å². The molecule has 5 nitrogen and oxygen atoms in total. The van der Waals surface area contributed by atoms with Crippen molar-refractivity contribution in [3.05, 3.63) is 22.7 Å². The molecule has 1 heterocycles. The van der Waals surface area contributed by atoms with E-state index in [1.807, 2.05) is 18.9 Å². The molecule has 2 unspecified atom stereocenters. The SMILES string of the molecule is Cc1c(N)cc(S(=O)(=O)NN2C(C)CCCC2C)cc1Cl. The van der Waals surface area contributed by atoms with Crippen LogP contribution in [0.4, 0.5) is 5.69 Å². The number of rotatable bonds is 3. The summed E-state index contributed by atoms with van der Waals surface area (Å²) in [6.45, 7) is 5.81. The van der Waals surface area contributed by atoms with Crippen LogP contribution in [-0.2, 0) is 10.0 Å². The molecular weight excluding hydrogens is 310 g/mol. The lowest BCUT2D eigenvalue weighted by Gasteiger charge is -2.38. The second-order valence-electron chi connectivity index (χ2n) is 5.75. The highest BCUT2D eigenvalue weighted by Gasteiger charge is 2.29. The lowest BCUT2D eigenvalue weighted by molar-refractivity contribution is 0.0790. The van der Waals surface area contributed by atoms with Crippen LogP contribution in [0.3, 0.4) is 0 Å². The van der Waals surface area contributed by atoms with Crippen molar-refractivity contribution in [2.45, 2.75) is 57.0 Å². The van der Waals surface area contributed by atoms with E-state index in [-0.39, 0.29) is 17.0 Å². The topological polar surface area (TPSA) is 75.4 Å². The van der Waals surface area contributed by atoms with Gasteiger partial charge in [0.25, 0.3) is 10.0 Å². The Bertz CT molecular complexity index is 600. The summed E-state index contributed by atoms with van der Waals surface area (Å²) < 4.78 is 25.1. The highest BCUT2D eigenvalue weighted by atomic mass is 35.5. The largest absolute Gasteiger partial charge is 0.398 e. The molecule has 0 saturated carbocycles. The van der Waals surface area contributed by atoms with Crippen molar-refractivity contribution in [3.8, 4) is 0 Å². The van der Waals surface area contributed by atoms with Crippen molar-refractivity contribution in [1.29, 1.82) is 0 Å². The number of anilines is 1. The molecule has 0 amide bonds. The van der Waals surface area contributed by atoms with Crippen molar-refractivity contribution >= 4 is 27.3 Å². The van der Waals surface area contributed by atoms with Gasteiger partial charge in [0.2, 0.25) is 0 Å². The van der Waals surface area contributed by atoms with Gasteiger partial charge in [0, 0.05) is 22.8 Å². The van der Waals surface area contributed by atoms with Crippen molar-refractivity contribution < 1.29 is 8.42 Å². The molecule has 1 aliphatic heterocycles. The second kappa shape index (κ2) is 6.12. The third-order valence-electron chi connectivity index (χ3n) is 4.09. The fourth-order valence-corrected chi connectivity index (χ4v) is 4.21. The fraction of sp³-hybridized carbons (Fsp3) is 0.571. The van der Waals surface area contributed by atoms with Crippen LogP contribution in [0.2, 0.25) is 5.02 Å². The number of nitrogens with one attached hydrogen (secondary N) is 1. The number of nitrogen functional groups attached to an aromatic ring is 1. The number of piperidine rings is 1. The molecule has 0 aromatic heterocycles. The average molecular weight is 332 g/mol. The zero-order valence-corrected chi connectivity index (χ0v) is 14.1. The van der Waals surface area contributed by atoms with E-state index >= 15 is 0 Å². The summed E-state index contributed by atoms with van der Waals surface area (Å²) in [5.41, 5.74) is 6.88. The maximum atomic E-state index is 12.5. The number of halogens is 1. The lowest BCUT2D eigenvalue weighted by Crippen LogP contribution is -2.53. The van der Waals surface area contributed by atoms with Crippen LogP contribution >= 0.6 is 11.6 Å². The molecule has 3 N–H and O–H groups in total. The number of benzene rings is 1. The van der Waals surface area contributed by atoms with E-state index in [9.17, 15) is 8.42 Å². The molecule has 1 saturated heterocycles. The maximum Gasteiger partial charge on any atom is 0.253 e. The Hall–Kier alpha value is -0.820. The molecule has 7 heteroatoms. The van der Waals surface area contributed by atoms with Gasteiger partial charge < -0.3 is 5.73 Å². The molecule has 1 aromatic rings. The summed E-state index contributed by atoms with van der Waals surface area (Å²) >= 11 is 6.04. The molecule has 1 aliphatic rings. The minimum absolute atomic E-state index is 0.0978. The Morgan fingerprint density at radius 3 is 2.38 bits per heavy atom. The molecule has 1 aromatic carbocycles. The van der Waals surface area contributed by atoms with Crippen LogP contribution in [0.25, 0.3) is 0 Å². The summed E-state index contributed by atoms with van der Waals surface area (Å²) in [7, 11) is -3.68. The van der Waals surface area contributed by atoms with Gasteiger partial charge in [-0.3, -0.25) is 0 Å². The van der Waals surface area contributed by atoms with Gasteiger partial charge in [-0.15, -0.1) is 4.83 Å². The third kappa shape index (κ3) is 3.51. The predicted molar refractivity (Wildman–Crippen MR) is 85.5 cm³/mol. The smallest absolute Gasteiger partial charge is 0.253 e. The molecule has 118 valence electrons. The molecule has 2 rings (SSSR count). The third-order valence-corrected chi connectivity index (χ3v) is 5.79. The Morgan fingerprint density at radius 2 is 1.86 bits per heavy atom. The second-order valence-corrected chi connectivity index (χ2v) is 7.82. The maximum absolute atomic E-state index is 12.5. The highest BCUT2D eigenvalue weighted by molar-refractivity contribution is 7.89. The fourth-order valence-electron chi connectivity index (χ4n) is 2.62. The summed E-state index contributed by atoms with van der Waals surface area (Å²) in [6, 6.07) is 3.22. The first-order chi connectivity index (χ1) is 9.72. The first kappa shape index (κ1) is 16.5. The van der Waals surface area contributed by atoms with Crippen LogP contribution in [0.1, 0.15) is 38.7 Å². The molecule has 0 radical (unpaired) electrons. The van der Waals surface area contributed by atoms with Crippen molar-refractivity contribution in [1.82, 2.24) is 9.84 Å². The average Bonchev–Trinajstić information content (AvgIpc) is 2.40. The highest BCUT2D eigenvalue weighted by Crippen LogP contribution is 2.27. The van der Waals surface area contributed by atoms with Gasteiger partial charge >= 0.3 is 0 Å². The van der Waals surface area contributed by atoms with E-state index in [1.165, 1.54) is 12.1 Å². The van der Waals surface area contributed by atoms with Gasteiger partial charge in [0.05, 0.1) is 4.90 Å². The Kier molecular flexibility index (Phi) is 4.82. The zero-order valence-electron chi connectivity index (χ0n) is 12.6. The van der Waals surface area contributed by atoms with Crippen molar-refractivity contribution in [2.75, 3.05) is 5.73 Å². The van der Waals surface area contributed by atoms with E-state index < -0.39 is 10.0 Å². The number of nitrogens with two attached hydrogens (primary N) is 1. The van der Waals surface area contributed by atoms with Gasteiger partial charge in [-0.2, -0.15) is 0 Å². The summed E-state index contributed by atoms with van der Waals surface area (Å²) in [5, 5.41) is 2.16. The number of nitrogens with zero attached hydrogens (tertiary/aromatic N) is 1. The Balaban J connectivity index is 2.30. The predicted octanol–water partition coefficient (Wildman–Crippen LogP) is 2.69. The van der Waals surface area contributed by atoms with Crippen molar-refractivity contribution in [3.63, 3.8) is 0 Å². The number of hydrogen-bond acceptors (Lipinski definition) is 4. The lowest BCUT2D eigenvalue weighted by atomic mass is 10.0. The van der Waals surface area contributed by atoms with Crippen LogP contribution in [0.5, 0.6) is 0 Å². The zero-order chi connectivity index (χ0) is 15.8. The summed E-state index contributed by atoms with van der Waals surface area (Å²) in [4.78, 5) is 2.77. The Morgan fingerprint density at radius 1 is 1.29 bits per heavy atom. The number of hydrazine groups is 1. The van der Waals surface area contributed by atoms with Crippen LogP contribution in [-0.4, -0.2) is 25.5 Å². The van der Waals surface area contributed by atoms with Gasteiger partial charge in [0.15, 0.2) is 0 Å². The number of hydrogen-bond donors (Lipinski definition) is 2. The van der Waals surface area contributed by atoms with Gasteiger partial charge in [0.1, 0.15) is 0 Å².